The van der Waals surface area contributed by atoms with E-state index in [9.17, 15) is 8.42 Å². The quantitative estimate of drug-likeness (QED) is 0.720. The highest BCUT2D eigenvalue weighted by Crippen LogP contribution is 2.29. The first-order valence-corrected chi connectivity index (χ1v) is 5.84. The topological polar surface area (TPSA) is 60.2 Å². The van der Waals surface area contributed by atoms with Crippen LogP contribution in [0.4, 0.5) is 0 Å². The van der Waals surface area contributed by atoms with Crippen LogP contribution in [-0.2, 0) is 9.84 Å². The summed E-state index contributed by atoms with van der Waals surface area (Å²) in [6.07, 6.45) is 0. The van der Waals surface area contributed by atoms with Crippen molar-refractivity contribution in [3.63, 3.8) is 0 Å². The lowest BCUT2D eigenvalue weighted by Gasteiger charge is -2.18. The van der Waals surface area contributed by atoms with Crippen LogP contribution >= 0.6 is 0 Å². The molecule has 0 bridgehead atoms. The molecule has 0 saturated carbocycles. The van der Waals surface area contributed by atoms with Gasteiger partial charge in [-0.1, -0.05) is 5.16 Å². The molecule has 0 saturated heterocycles. The normalized spacial score (nSPS) is 13.2. The Labute approximate surface area is 84.2 Å². The molecule has 0 radical (unpaired) electrons. The third-order valence-electron chi connectivity index (χ3n) is 2.04. The van der Waals surface area contributed by atoms with Crippen molar-refractivity contribution in [1.29, 1.82) is 0 Å². The van der Waals surface area contributed by atoms with Crippen molar-refractivity contribution >= 4 is 9.84 Å². The van der Waals surface area contributed by atoms with Crippen molar-refractivity contribution < 1.29 is 12.9 Å². The van der Waals surface area contributed by atoms with Gasteiger partial charge in [0.15, 0.2) is 15.6 Å². The number of hydrogen-bond donors (Lipinski definition) is 0. The highest BCUT2D eigenvalue weighted by atomic mass is 32.2. The van der Waals surface area contributed by atoms with Gasteiger partial charge in [-0.05, 0) is 34.6 Å². The fourth-order valence-electron chi connectivity index (χ4n) is 1.16. The molecule has 1 aromatic rings. The predicted octanol–water partition coefficient (Wildman–Crippen LogP) is 1.86. The highest BCUT2D eigenvalue weighted by Gasteiger charge is 2.35. The molecule has 0 aliphatic heterocycles. The summed E-state index contributed by atoms with van der Waals surface area (Å²) < 4.78 is 28.1. The molecule has 80 valence electrons. The fraction of sp³-hybridized carbons (Fsp3) is 0.667. The molecule has 0 amide bonds. The van der Waals surface area contributed by atoms with Crippen LogP contribution in [0.5, 0.6) is 0 Å². The van der Waals surface area contributed by atoms with E-state index in [1.165, 1.54) is 0 Å². The van der Waals surface area contributed by atoms with Crippen molar-refractivity contribution in [1.82, 2.24) is 5.16 Å². The zero-order valence-electron chi connectivity index (χ0n) is 9.08. The molecule has 1 heterocycles. The number of aromatic nitrogens is 1. The number of nitrogens with zero attached hydrogens (tertiary/aromatic N) is 1. The van der Waals surface area contributed by atoms with Gasteiger partial charge in [0.25, 0.3) is 0 Å². The van der Waals surface area contributed by atoms with Crippen molar-refractivity contribution in [2.45, 2.75) is 44.3 Å². The number of hydrogen-bond acceptors (Lipinski definition) is 4. The van der Waals surface area contributed by atoms with Gasteiger partial charge in [0.1, 0.15) is 4.90 Å². The Morgan fingerprint density at radius 3 is 2.00 bits per heavy atom. The SMILES string of the molecule is Cc1noc(C)c1S(=O)(=O)C(C)(C)C. The van der Waals surface area contributed by atoms with Gasteiger partial charge in [0, 0.05) is 0 Å². The van der Waals surface area contributed by atoms with Crippen molar-refractivity contribution in [2.24, 2.45) is 0 Å². The van der Waals surface area contributed by atoms with Gasteiger partial charge in [-0.3, -0.25) is 0 Å². The number of rotatable bonds is 1. The third-order valence-corrected chi connectivity index (χ3v) is 4.78. The van der Waals surface area contributed by atoms with Crippen LogP contribution in [0.3, 0.4) is 0 Å². The second-order valence-electron chi connectivity index (χ2n) is 4.27. The van der Waals surface area contributed by atoms with Crippen LogP contribution < -0.4 is 0 Å². The molecule has 0 aliphatic rings. The van der Waals surface area contributed by atoms with Crippen molar-refractivity contribution in [2.75, 3.05) is 0 Å². The van der Waals surface area contributed by atoms with Gasteiger partial charge in [-0.15, -0.1) is 0 Å². The zero-order chi connectivity index (χ0) is 11.1. The molecule has 1 aromatic heterocycles. The minimum absolute atomic E-state index is 0.227. The first-order valence-electron chi connectivity index (χ1n) is 4.35. The Kier molecular flexibility index (Phi) is 2.48. The number of sulfone groups is 1. The van der Waals surface area contributed by atoms with Gasteiger partial charge in [0.05, 0.1) is 10.4 Å². The van der Waals surface area contributed by atoms with E-state index < -0.39 is 14.6 Å². The average Bonchev–Trinajstić information content (AvgIpc) is 2.28. The monoisotopic (exact) mass is 217 g/mol. The lowest BCUT2D eigenvalue weighted by molar-refractivity contribution is 0.390. The van der Waals surface area contributed by atoms with E-state index in [-0.39, 0.29) is 4.90 Å². The van der Waals surface area contributed by atoms with E-state index in [4.69, 9.17) is 4.52 Å². The molecule has 0 atom stereocenters. The molecule has 0 fully saturated rings. The van der Waals surface area contributed by atoms with Crippen LogP contribution in [0, 0.1) is 13.8 Å². The lowest BCUT2D eigenvalue weighted by atomic mass is 10.3. The van der Waals surface area contributed by atoms with Crippen LogP contribution in [0.1, 0.15) is 32.2 Å². The van der Waals surface area contributed by atoms with Crippen LogP contribution in [-0.4, -0.2) is 18.3 Å². The fourth-order valence-corrected chi connectivity index (χ4v) is 2.62. The van der Waals surface area contributed by atoms with Gasteiger partial charge in [0.2, 0.25) is 0 Å². The molecule has 0 unspecified atom stereocenters. The summed E-state index contributed by atoms with van der Waals surface area (Å²) in [6, 6.07) is 0. The summed E-state index contributed by atoms with van der Waals surface area (Å²) in [5.41, 5.74) is 0.428. The molecule has 1 rings (SSSR count). The summed E-state index contributed by atoms with van der Waals surface area (Å²) in [5.74, 6) is 0.359. The number of aryl methyl sites for hydroxylation is 2. The summed E-state index contributed by atoms with van der Waals surface area (Å²) in [6.45, 7) is 8.23. The maximum atomic E-state index is 12.1. The largest absolute Gasteiger partial charge is 0.360 e. The van der Waals surface area contributed by atoms with E-state index in [2.05, 4.69) is 5.16 Å². The lowest BCUT2D eigenvalue weighted by Crippen LogP contribution is -2.28. The second kappa shape index (κ2) is 3.08. The minimum atomic E-state index is -3.35. The summed E-state index contributed by atoms with van der Waals surface area (Å²) >= 11 is 0. The van der Waals surface area contributed by atoms with Gasteiger partial charge in [-0.2, -0.15) is 0 Å². The van der Waals surface area contributed by atoms with E-state index in [0.29, 0.717) is 11.5 Å². The zero-order valence-corrected chi connectivity index (χ0v) is 9.90. The Hall–Kier alpha value is -0.840. The van der Waals surface area contributed by atoms with Crippen molar-refractivity contribution in [3.05, 3.63) is 11.5 Å². The highest BCUT2D eigenvalue weighted by molar-refractivity contribution is 7.92. The van der Waals surface area contributed by atoms with Crippen molar-refractivity contribution in [3.8, 4) is 0 Å². The third kappa shape index (κ3) is 1.56. The first-order chi connectivity index (χ1) is 6.18. The Balaban J connectivity index is 3.46. The van der Waals surface area contributed by atoms with E-state index in [0.717, 1.165) is 0 Å². The maximum Gasteiger partial charge on any atom is 0.188 e. The molecule has 0 N–H and O–H groups in total. The molecular weight excluding hydrogens is 202 g/mol. The molecule has 5 heteroatoms. The standard InChI is InChI=1S/C9H15NO3S/c1-6-8(7(2)13-10-6)14(11,12)9(3,4)5/h1-5H3. The van der Waals surface area contributed by atoms with Gasteiger partial charge in [-0.25, -0.2) is 8.42 Å². The Morgan fingerprint density at radius 1 is 1.21 bits per heavy atom. The first kappa shape index (κ1) is 11.2. The van der Waals surface area contributed by atoms with E-state index >= 15 is 0 Å². The summed E-state index contributed by atoms with van der Waals surface area (Å²) in [5, 5.41) is 3.64. The molecule has 0 spiro atoms. The Morgan fingerprint density at radius 2 is 1.71 bits per heavy atom. The minimum Gasteiger partial charge on any atom is -0.360 e. The smallest absolute Gasteiger partial charge is 0.188 e. The Bertz CT molecular complexity index is 418. The summed E-state index contributed by atoms with van der Waals surface area (Å²) in [4.78, 5) is 0.227. The molecule has 0 aromatic carbocycles. The van der Waals surface area contributed by atoms with Crippen LogP contribution in [0.25, 0.3) is 0 Å². The predicted molar refractivity (Wildman–Crippen MR) is 52.9 cm³/mol. The van der Waals surface area contributed by atoms with Crippen LogP contribution in [0.15, 0.2) is 9.42 Å². The average molecular weight is 217 g/mol. The van der Waals surface area contributed by atoms with E-state index in [1.54, 1.807) is 34.6 Å². The molecule has 4 nitrogen and oxygen atoms in total. The summed E-state index contributed by atoms with van der Waals surface area (Å²) in [7, 11) is -3.35. The van der Waals surface area contributed by atoms with E-state index in [1.807, 2.05) is 0 Å². The maximum absolute atomic E-state index is 12.1. The van der Waals surface area contributed by atoms with Crippen LogP contribution in [0.2, 0.25) is 0 Å². The molecular formula is C9H15NO3S. The van der Waals surface area contributed by atoms with Gasteiger partial charge < -0.3 is 4.52 Å². The molecule has 14 heavy (non-hydrogen) atoms. The van der Waals surface area contributed by atoms with Gasteiger partial charge >= 0.3 is 0 Å². The molecule has 0 aliphatic carbocycles. The second-order valence-corrected chi connectivity index (χ2v) is 6.91.